The monoisotopic (exact) mass is 408 g/mol. The van der Waals surface area contributed by atoms with Crippen LogP contribution in [0.25, 0.3) is 11.1 Å². The Morgan fingerprint density at radius 2 is 1.28 bits per heavy atom. The molecule has 0 radical (unpaired) electrons. The summed E-state index contributed by atoms with van der Waals surface area (Å²) in [7, 11) is 0. The first kappa shape index (κ1) is 22.7. The second-order valence-electron chi connectivity index (χ2n) is 6.12. The van der Waals surface area contributed by atoms with Crippen LogP contribution in [0.15, 0.2) is 84.9 Å². The molecule has 0 atom stereocenters. The number of aliphatic hydroxyl groups is 1. The summed E-state index contributed by atoms with van der Waals surface area (Å²) in [6.07, 6.45) is 0.776. The lowest BCUT2D eigenvalue weighted by Crippen LogP contribution is -2.01. The van der Waals surface area contributed by atoms with Gasteiger partial charge in [-0.1, -0.05) is 86.6 Å². The molecule has 0 heterocycles. The minimum Gasteiger partial charge on any atom is -0.491 e. The van der Waals surface area contributed by atoms with Crippen molar-refractivity contribution in [3.8, 4) is 5.75 Å². The number of hydrogen-bond acceptors (Lipinski definition) is 2. The summed E-state index contributed by atoms with van der Waals surface area (Å²) in [5.41, 5.74) is 5.85. The van der Waals surface area contributed by atoms with Crippen molar-refractivity contribution in [1.82, 2.24) is 0 Å². The van der Waals surface area contributed by atoms with E-state index in [2.05, 4.69) is 60.7 Å². The third-order valence-corrected chi connectivity index (χ3v) is 4.52. The third kappa shape index (κ3) is 6.49. The van der Waals surface area contributed by atoms with Crippen LogP contribution in [0.3, 0.4) is 0 Å². The molecular formula is C26H29ClO2. The Kier molecular flexibility index (Phi) is 10.1. The van der Waals surface area contributed by atoms with Crippen molar-refractivity contribution < 1.29 is 9.84 Å². The first-order valence-corrected chi connectivity index (χ1v) is 10.6. The van der Waals surface area contributed by atoms with Crippen molar-refractivity contribution in [1.29, 1.82) is 0 Å². The summed E-state index contributed by atoms with van der Waals surface area (Å²) < 4.78 is 5.50. The van der Waals surface area contributed by atoms with E-state index in [0.29, 0.717) is 12.5 Å². The van der Waals surface area contributed by atoms with Gasteiger partial charge in [-0.3, -0.25) is 0 Å². The highest BCUT2D eigenvalue weighted by Gasteiger charge is 2.14. The van der Waals surface area contributed by atoms with E-state index in [4.69, 9.17) is 21.4 Å². The van der Waals surface area contributed by atoms with Gasteiger partial charge >= 0.3 is 0 Å². The van der Waals surface area contributed by atoms with Crippen molar-refractivity contribution in [2.24, 2.45) is 0 Å². The molecule has 0 aliphatic rings. The van der Waals surface area contributed by atoms with E-state index in [9.17, 15) is 0 Å². The average Bonchev–Trinajstić information content (AvgIpc) is 2.81. The molecule has 3 aromatic carbocycles. The number of halogens is 1. The van der Waals surface area contributed by atoms with Crippen LogP contribution < -0.4 is 4.74 Å². The average molecular weight is 409 g/mol. The number of allylic oxidation sites excluding steroid dienone is 1. The predicted molar refractivity (Wildman–Crippen MR) is 125 cm³/mol. The van der Waals surface area contributed by atoms with Crippen molar-refractivity contribution >= 4 is 22.7 Å². The Morgan fingerprint density at radius 3 is 1.79 bits per heavy atom. The Hall–Kier alpha value is -2.55. The summed E-state index contributed by atoms with van der Waals surface area (Å²) in [4.78, 5) is 0. The van der Waals surface area contributed by atoms with Crippen LogP contribution in [0.2, 0.25) is 0 Å². The number of aliphatic hydroxyl groups excluding tert-OH is 1. The quantitative estimate of drug-likeness (QED) is 0.333. The lowest BCUT2D eigenvalue weighted by atomic mass is 9.88. The van der Waals surface area contributed by atoms with Gasteiger partial charge in [-0.15, -0.1) is 11.6 Å². The zero-order valence-electron chi connectivity index (χ0n) is 17.1. The lowest BCUT2D eigenvalue weighted by Gasteiger charge is -2.17. The number of rotatable bonds is 8. The van der Waals surface area contributed by atoms with Gasteiger partial charge in [-0.2, -0.15) is 0 Å². The van der Waals surface area contributed by atoms with E-state index >= 15 is 0 Å². The molecule has 1 N–H and O–H groups in total. The van der Waals surface area contributed by atoms with Crippen LogP contribution in [-0.4, -0.2) is 24.2 Å². The normalized spacial score (nSPS) is 11.2. The van der Waals surface area contributed by atoms with Gasteiger partial charge in [0.25, 0.3) is 0 Å². The Morgan fingerprint density at radius 1 is 0.759 bits per heavy atom. The van der Waals surface area contributed by atoms with Gasteiger partial charge in [0, 0.05) is 5.88 Å². The standard InChI is InChI=1S/C24H23ClO2.C2H6/c25-16-15-23(19-7-3-1-4-8-19)24(20-9-5-2-6-10-20)21-11-13-22(14-12-21)27-18-17-26;1-2/h1-14,26H,15-18H2;1-2H3/b24-23-;. The molecule has 0 unspecified atom stereocenters. The van der Waals surface area contributed by atoms with Crippen LogP contribution >= 0.6 is 11.6 Å². The number of alkyl halides is 1. The molecule has 29 heavy (non-hydrogen) atoms. The third-order valence-electron chi connectivity index (χ3n) is 4.33. The Bertz CT molecular complexity index is 856. The van der Waals surface area contributed by atoms with Gasteiger partial charge in [-0.05, 0) is 46.4 Å². The fourth-order valence-corrected chi connectivity index (χ4v) is 3.34. The fraction of sp³-hybridized carbons (Fsp3) is 0.231. The molecule has 0 aliphatic heterocycles. The zero-order valence-corrected chi connectivity index (χ0v) is 17.9. The summed E-state index contributed by atoms with van der Waals surface area (Å²) in [5, 5.41) is 8.93. The first-order chi connectivity index (χ1) is 14.3. The van der Waals surface area contributed by atoms with E-state index < -0.39 is 0 Å². The highest BCUT2D eigenvalue weighted by molar-refractivity contribution is 6.18. The Balaban J connectivity index is 0.00000145. The number of benzene rings is 3. The molecule has 0 fully saturated rings. The van der Waals surface area contributed by atoms with Crippen molar-refractivity contribution in [2.75, 3.05) is 19.1 Å². The first-order valence-electron chi connectivity index (χ1n) is 10.1. The van der Waals surface area contributed by atoms with Gasteiger partial charge in [0.2, 0.25) is 0 Å². The van der Waals surface area contributed by atoms with Crippen molar-refractivity contribution in [3.05, 3.63) is 102 Å². The van der Waals surface area contributed by atoms with E-state index in [1.165, 1.54) is 16.7 Å². The second kappa shape index (κ2) is 12.8. The molecule has 3 aromatic rings. The van der Waals surface area contributed by atoms with Crippen molar-refractivity contribution in [3.63, 3.8) is 0 Å². The SMILES string of the molecule is CC.OCCOc1ccc(/C(=C(/CCCl)c2ccccc2)c2ccccc2)cc1. The molecule has 3 rings (SSSR count). The molecule has 0 aliphatic carbocycles. The Labute approximate surface area is 179 Å². The maximum Gasteiger partial charge on any atom is 0.119 e. The van der Waals surface area contributed by atoms with E-state index in [1.807, 2.05) is 38.1 Å². The largest absolute Gasteiger partial charge is 0.491 e. The predicted octanol–water partition coefficient (Wildman–Crippen LogP) is 6.67. The van der Waals surface area contributed by atoms with Crippen LogP contribution in [-0.2, 0) is 0 Å². The van der Waals surface area contributed by atoms with E-state index in [1.54, 1.807) is 0 Å². The number of hydrogen-bond donors (Lipinski definition) is 1. The minimum absolute atomic E-state index is 0.00476. The molecule has 0 bridgehead atoms. The maximum absolute atomic E-state index is 8.93. The highest BCUT2D eigenvalue weighted by Crippen LogP contribution is 2.35. The molecule has 0 spiro atoms. The van der Waals surface area contributed by atoms with Gasteiger partial charge in [0.15, 0.2) is 0 Å². The smallest absolute Gasteiger partial charge is 0.119 e. The van der Waals surface area contributed by atoms with Crippen LogP contribution in [0.5, 0.6) is 5.75 Å². The highest BCUT2D eigenvalue weighted by atomic mass is 35.5. The fourth-order valence-electron chi connectivity index (χ4n) is 3.15. The molecule has 0 amide bonds. The van der Waals surface area contributed by atoms with Crippen LogP contribution in [0, 0.1) is 0 Å². The van der Waals surface area contributed by atoms with Crippen LogP contribution in [0.4, 0.5) is 0 Å². The summed E-state index contributed by atoms with van der Waals surface area (Å²) in [5.74, 6) is 1.30. The van der Waals surface area contributed by atoms with Gasteiger partial charge in [0.1, 0.15) is 12.4 Å². The summed E-state index contributed by atoms with van der Waals surface area (Å²) in [6, 6.07) is 28.8. The minimum atomic E-state index is 0.00476. The summed E-state index contributed by atoms with van der Waals surface area (Å²) in [6.45, 7) is 4.30. The topological polar surface area (TPSA) is 29.5 Å². The molecule has 3 heteroatoms. The van der Waals surface area contributed by atoms with Gasteiger partial charge < -0.3 is 9.84 Å². The van der Waals surface area contributed by atoms with Gasteiger partial charge in [-0.25, -0.2) is 0 Å². The van der Waals surface area contributed by atoms with E-state index in [0.717, 1.165) is 23.3 Å². The molecule has 0 saturated heterocycles. The van der Waals surface area contributed by atoms with E-state index in [-0.39, 0.29) is 6.61 Å². The second-order valence-corrected chi connectivity index (χ2v) is 6.50. The molecule has 0 saturated carbocycles. The molecule has 152 valence electrons. The molecule has 0 aromatic heterocycles. The zero-order chi connectivity index (χ0) is 20.9. The van der Waals surface area contributed by atoms with Crippen LogP contribution in [0.1, 0.15) is 37.0 Å². The van der Waals surface area contributed by atoms with Gasteiger partial charge in [0.05, 0.1) is 6.61 Å². The molecule has 2 nitrogen and oxygen atoms in total. The van der Waals surface area contributed by atoms with Crippen molar-refractivity contribution in [2.45, 2.75) is 20.3 Å². The lowest BCUT2D eigenvalue weighted by molar-refractivity contribution is 0.201. The summed E-state index contributed by atoms with van der Waals surface area (Å²) >= 11 is 6.17. The maximum atomic E-state index is 8.93. The number of ether oxygens (including phenoxy) is 1. The molecular weight excluding hydrogens is 380 g/mol.